The maximum atomic E-state index is 11.9. The van der Waals surface area contributed by atoms with Crippen molar-refractivity contribution < 1.29 is 9.53 Å². The molecule has 2 atom stereocenters. The van der Waals surface area contributed by atoms with Gasteiger partial charge >= 0.3 is 5.97 Å². The van der Waals surface area contributed by atoms with Gasteiger partial charge in [-0.2, -0.15) is 0 Å². The molecule has 0 heterocycles. The number of hydrogen-bond acceptors (Lipinski definition) is 3. The summed E-state index contributed by atoms with van der Waals surface area (Å²) in [5.41, 5.74) is 1.38. The lowest BCUT2D eigenvalue weighted by Gasteiger charge is -2.27. The van der Waals surface area contributed by atoms with Gasteiger partial charge in [0.1, 0.15) is 0 Å². The molecule has 0 aliphatic heterocycles. The minimum atomic E-state index is -0.323. The van der Waals surface area contributed by atoms with E-state index < -0.39 is 0 Å². The van der Waals surface area contributed by atoms with Crippen molar-refractivity contribution in [3.8, 4) is 0 Å². The second-order valence-electron chi connectivity index (χ2n) is 5.82. The van der Waals surface area contributed by atoms with Crippen LogP contribution in [-0.4, -0.2) is 19.6 Å². The van der Waals surface area contributed by atoms with E-state index in [1.807, 2.05) is 6.07 Å². The van der Waals surface area contributed by atoms with E-state index in [1.165, 1.54) is 32.8 Å². The quantitative estimate of drug-likeness (QED) is 0.679. The normalized spacial score (nSPS) is 21.9. The van der Waals surface area contributed by atoms with Gasteiger partial charge in [0.15, 0.2) is 0 Å². The van der Waals surface area contributed by atoms with Crippen LogP contribution in [0.3, 0.4) is 0 Å². The maximum Gasteiger partial charge on any atom is 0.340 e. The molecule has 116 valence electrons. The Kier molecular flexibility index (Phi) is 6.11. The number of carbonyl (C=O) groups is 1. The molecule has 5 heteroatoms. The predicted octanol–water partition coefficient (Wildman–Crippen LogP) is 5.24. The van der Waals surface area contributed by atoms with E-state index in [2.05, 4.69) is 44.1 Å². The van der Waals surface area contributed by atoms with Crippen molar-refractivity contribution in [2.24, 2.45) is 11.8 Å². The monoisotopic (exact) mass is 417 g/mol. The SMILES string of the molecule is COC(=O)c1cc(Br)cc(Br)c1NCC1CCCC(C)C1. The summed E-state index contributed by atoms with van der Waals surface area (Å²) in [6.07, 6.45) is 5.17. The Balaban J connectivity index is 2.13. The first-order valence-electron chi connectivity index (χ1n) is 7.32. The van der Waals surface area contributed by atoms with E-state index in [9.17, 15) is 4.79 Å². The number of anilines is 1. The topological polar surface area (TPSA) is 38.3 Å². The van der Waals surface area contributed by atoms with E-state index in [0.717, 1.165) is 27.1 Å². The van der Waals surface area contributed by atoms with Crippen LogP contribution in [0.15, 0.2) is 21.1 Å². The molecule has 2 rings (SSSR count). The molecule has 0 aromatic heterocycles. The van der Waals surface area contributed by atoms with Crippen molar-refractivity contribution >= 4 is 43.5 Å². The zero-order valence-corrected chi connectivity index (χ0v) is 15.6. The molecule has 0 amide bonds. The van der Waals surface area contributed by atoms with Crippen molar-refractivity contribution in [2.75, 3.05) is 19.0 Å². The summed E-state index contributed by atoms with van der Waals surface area (Å²) in [7, 11) is 1.41. The Morgan fingerprint density at radius 2 is 2.14 bits per heavy atom. The lowest BCUT2D eigenvalue weighted by Crippen LogP contribution is -2.22. The molecule has 1 N–H and O–H groups in total. The summed E-state index contributed by atoms with van der Waals surface area (Å²) >= 11 is 6.95. The second kappa shape index (κ2) is 7.63. The summed E-state index contributed by atoms with van der Waals surface area (Å²) < 4.78 is 6.60. The summed E-state index contributed by atoms with van der Waals surface area (Å²) in [6.45, 7) is 3.22. The fourth-order valence-corrected chi connectivity index (χ4v) is 4.38. The number of methoxy groups -OCH3 is 1. The lowest BCUT2D eigenvalue weighted by atomic mass is 9.82. The van der Waals surface area contributed by atoms with Gasteiger partial charge in [-0.25, -0.2) is 4.79 Å². The van der Waals surface area contributed by atoms with E-state index in [-0.39, 0.29) is 5.97 Å². The summed E-state index contributed by atoms with van der Waals surface area (Å²) in [4.78, 5) is 11.9. The molecule has 0 radical (unpaired) electrons. The van der Waals surface area contributed by atoms with Crippen LogP contribution in [0, 0.1) is 11.8 Å². The minimum Gasteiger partial charge on any atom is -0.465 e. The molecule has 1 saturated carbocycles. The Morgan fingerprint density at radius 1 is 1.38 bits per heavy atom. The molecule has 0 bridgehead atoms. The van der Waals surface area contributed by atoms with Crippen LogP contribution < -0.4 is 5.32 Å². The molecule has 1 aromatic carbocycles. The number of nitrogens with one attached hydrogen (secondary N) is 1. The number of carbonyl (C=O) groups excluding carboxylic acids is 1. The Labute approximate surface area is 143 Å². The highest BCUT2D eigenvalue weighted by Crippen LogP contribution is 2.33. The van der Waals surface area contributed by atoms with Crippen LogP contribution in [0.25, 0.3) is 0 Å². The molecule has 1 aliphatic rings. The van der Waals surface area contributed by atoms with Crippen LogP contribution >= 0.6 is 31.9 Å². The van der Waals surface area contributed by atoms with Crippen LogP contribution in [-0.2, 0) is 4.74 Å². The first kappa shape index (κ1) is 16.8. The van der Waals surface area contributed by atoms with E-state index in [4.69, 9.17) is 4.74 Å². The molecule has 1 aromatic rings. The average molecular weight is 419 g/mol. The minimum absolute atomic E-state index is 0.323. The average Bonchev–Trinajstić information content (AvgIpc) is 2.45. The van der Waals surface area contributed by atoms with Gasteiger partial charge < -0.3 is 10.1 Å². The smallest absolute Gasteiger partial charge is 0.340 e. The fraction of sp³-hybridized carbons (Fsp3) is 0.562. The third-order valence-corrected chi connectivity index (χ3v) is 5.16. The van der Waals surface area contributed by atoms with Crippen molar-refractivity contribution in [3.63, 3.8) is 0 Å². The van der Waals surface area contributed by atoms with Gasteiger partial charge in [-0.1, -0.05) is 35.7 Å². The molecular weight excluding hydrogens is 398 g/mol. The highest BCUT2D eigenvalue weighted by molar-refractivity contribution is 9.11. The van der Waals surface area contributed by atoms with Gasteiger partial charge in [0.25, 0.3) is 0 Å². The Morgan fingerprint density at radius 3 is 2.81 bits per heavy atom. The van der Waals surface area contributed by atoms with Gasteiger partial charge in [-0.3, -0.25) is 0 Å². The first-order chi connectivity index (χ1) is 10.0. The lowest BCUT2D eigenvalue weighted by molar-refractivity contribution is 0.0601. The van der Waals surface area contributed by atoms with Crippen molar-refractivity contribution in [2.45, 2.75) is 32.6 Å². The summed E-state index contributed by atoms with van der Waals surface area (Å²) in [6, 6.07) is 3.74. The van der Waals surface area contributed by atoms with E-state index in [0.29, 0.717) is 11.5 Å². The van der Waals surface area contributed by atoms with E-state index >= 15 is 0 Å². The molecule has 3 nitrogen and oxygen atoms in total. The predicted molar refractivity (Wildman–Crippen MR) is 92.8 cm³/mol. The van der Waals surface area contributed by atoms with Gasteiger partial charge in [0, 0.05) is 15.5 Å². The molecule has 0 spiro atoms. The van der Waals surface area contributed by atoms with Gasteiger partial charge in [-0.05, 0) is 52.7 Å². The highest BCUT2D eigenvalue weighted by Gasteiger charge is 2.21. The molecule has 21 heavy (non-hydrogen) atoms. The molecule has 1 aliphatic carbocycles. The number of esters is 1. The van der Waals surface area contributed by atoms with Crippen LogP contribution in [0.2, 0.25) is 0 Å². The third-order valence-electron chi connectivity index (χ3n) is 4.07. The van der Waals surface area contributed by atoms with Crippen LogP contribution in [0.5, 0.6) is 0 Å². The van der Waals surface area contributed by atoms with Crippen molar-refractivity contribution in [1.29, 1.82) is 0 Å². The highest BCUT2D eigenvalue weighted by atomic mass is 79.9. The summed E-state index contributed by atoms with van der Waals surface area (Å²) in [5.74, 6) is 1.16. The zero-order chi connectivity index (χ0) is 15.4. The summed E-state index contributed by atoms with van der Waals surface area (Å²) in [5, 5.41) is 3.45. The first-order valence-corrected chi connectivity index (χ1v) is 8.91. The van der Waals surface area contributed by atoms with Gasteiger partial charge in [0.2, 0.25) is 0 Å². The second-order valence-corrected chi connectivity index (χ2v) is 7.59. The number of benzene rings is 1. The van der Waals surface area contributed by atoms with Crippen LogP contribution in [0.4, 0.5) is 5.69 Å². The zero-order valence-electron chi connectivity index (χ0n) is 12.4. The van der Waals surface area contributed by atoms with Crippen LogP contribution in [0.1, 0.15) is 43.0 Å². The Hall–Kier alpha value is -0.550. The fourth-order valence-electron chi connectivity index (χ4n) is 3.02. The van der Waals surface area contributed by atoms with Gasteiger partial charge in [-0.15, -0.1) is 0 Å². The van der Waals surface area contributed by atoms with Crippen molar-refractivity contribution in [3.05, 3.63) is 26.6 Å². The standard InChI is InChI=1S/C16H21Br2NO2/c1-10-4-3-5-11(6-10)9-19-15-13(16(20)21-2)7-12(17)8-14(15)18/h7-8,10-11,19H,3-6,9H2,1-2H3. The molecule has 2 unspecified atom stereocenters. The largest absolute Gasteiger partial charge is 0.465 e. The number of halogens is 2. The number of ether oxygens (including phenoxy) is 1. The third kappa shape index (κ3) is 4.46. The molecular formula is C16H21Br2NO2. The van der Waals surface area contributed by atoms with Crippen molar-refractivity contribution in [1.82, 2.24) is 0 Å². The molecule has 1 fully saturated rings. The Bertz CT molecular complexity index is 519. The van der Waals surface area contributed by atoms with E-state index in [1.54, 1.807) is 6.07 Å². The number of hydrogen-bond donors (Lipinski definition) is 1. The van der Waals surface area contributed by atoms with Gasteiger partial charge in [0.05, 0.1) is 18.4 Å². The molecule has 0 saturated heterocycles. The maximum absolute atomic E-state index is 11.9. The number of rotatable bonds is 4.